The Balaban J connectivity index is 1.52. The van der Waals surface area contributed by atoms with Crippen molar-refractivity contribution in [1.82, 2.24) is 25.2 Å². The lowest BCUT2D eigenvalue weighted by atomic mass is 9.99. The Bertz CT molecular complexity index is 974. The van der Waals surface area contributed by atoms with Gasteiger partial charge >= 0.3 is 0 Å². The number of rotatable bonds is 6. The fourth-order valence-corrected chi connectivity index (χ4v) is 3.85. The number of aromatic nitrogens is 5. The molecule has 0 fully saturated rings. The van der Waals surface area contributed by atoms with Gasteiger partial charge in [0.05, 0.1) is 18.9 Å². The predicted octanol–water partition coefficient (Wildman–Crippen LogP) is 3.18. The van der Waals surface area contributed by atoms with Gasteiger partial charge in [0.1, 0.15) is 12.4 Å². The minimum atomic E-state index is -0.500. The van der Waals surface area contributed by atoms with Gasteiger partial charge in [-0.25, -0.2) is 9.67 Å². The summed E-state index contributed by atoms with van der Waals surface area (Å²) in [5.41, 5.74) is 1.67. The summed E-state index contributed by atoms with van der Waals surface area (Å²) in [7, 11) is 0. The van der Waals surface area contributed by atoms with Crippen LogP contribution in [0.4, 0.5) is 5.13 Å². The number of hydrogen-bond donors (Lipinski definition) is 1. The number of ether oxygens (including phenoxy) is 2. The molecule has 0 aliphatic carbocycles. The lowest BCUT2D eigenvalue weighted by molar-refractivity contribution is -0.121. The first-order valence-electron chi connectivity index (χ1n) is 9.54. The molecule has 4 rings (SSSR count). The van der Waals surface area contributed by atoms with E-state index >= 15 is 0 Å². The Morgan fingerprint density at radius 1 is 1.31 bits per heavy atom. The molecule has 1 aliphatic rings. The maximum absolute atomic E-state index is 12.9. The number of hydrogen-bond acceptors (Lipinski definition) is 8. The SMILES string of the molecule is CC[C@H](C)[C@@H](C(=O)Nc1nc(-c2ccc3c(c2)OCCCO3)cs1)n1cnnn1. The van der Waals surface area contributed by atoms with Crippen molar-refractivity contribution in [2.75, 3.05) is 18.5 Å². The van der Waals surface area contributed by atoms with Crippen molar-refractivity contribution in [3.05, 3.63) is 29.9 Å². The summed E-state index contributed by atoms with van der Waals surface area (Å²) in [4.78, 5) is 17.5. The first-order valence-corrected chi connectivity index (χ1v) is 10.4. The van der Waals surface area contributed by atoms with E-state index in [9.17, 15) is 4.79 Å². The third-order valence-electron chi connectivity index (χ3n) is 4.88. The zero-order valence-corrected chi connectivity index (χ0v) is 17.1. The van der Waals surface area contributed by atoms with E-state index in [-0.39, 0.29) is 11.8 Å². The van der Waals surface area contributed by atoms with Crippen LogP contribution in [0.3, 0.4) is 0 Å². The Morgan fingerprint density at radius 3 is 2.90 bits per heavy atom. The number of carbonyl (C=O) groups is 1. The van der Waals surface area contributed by atoms with Crippen LogP contribution >= 0.6 is 11.3 Å². The molecule has 0 radical (unpaired) electrons. The van der Waals surface area contributed by atoms with Gasteiger partial charge in [-0.05, 0) is 34.5 Å². The highest BCUT2D eigenvalue weighted by molar-refractivity contribution is 7.14. The second-order valence-corrected chi connectivity index (χ2v) is 7.72. The van der Waals surface area contributed by atoms with Crippen molar-refractivity contribution in [2.24, 2.45) is 5.92 Å². The smallest absolute Gasteiger partial charge is 0.251 e. The second-order valence-electron chi connectivity index (χ2n) is 6.86. The maximum atomic E-state index is 12.9. The lowest BCUT2D eigenvalue weighted by Crippen LogP contribution is -2.31. The van der Waals surface area contributed by atoms with E-state index in [1.807, 2.05) is 37.4 Å². The lowest BCUT2D eigenvalue weighted by Gasteiger charge is -2.20. The van der Waals surface area contributed by atoms with Crippen molar-refractivity contribution in [2.45, 2.75) is 32.7 Å². The summed E-state index contributed by atoms with van der Waals surface area (Å²) in [5.74, 6) is 1.34. The molecule has 2 aromatic heterocycles. The molecule has 3 aromatic rings. The molecule has 0 spiro atoms. The number of anilines is 1. The molecule has 0 unspecified atom stereocenters. The number of fused-ring (bicyclic) bond motifs is 1. The zero-order valence-electron chi connectivity index (χ0n) is 16.2. The van der Waals surface area contributed by atoms with E-state index in [0.717, 1.165) is 29.8 Å². The third-order valence-corrected chi connectivity index (χ3v) is 5.64. The van der Waals surface area contributed by atoms with Crippen LogP contribution in [-0.2, 0) is 4.79 Å². The summed E-state index contributed by atoms with van der Waals surface area (Å²) < 4.78 is 12.9. The molecule has 152 valence electrons. The molecule has 1 amide bonds. The van der Waals surface area contributed by atoms with E-state index in [2.05, 4.69) is 25.8 Å². The predicted molar refractivity (Wildman–Crippen MR) is 108 cm³/mol. The Labute approximate surface area is 172 Å². The highest BCUT2D eigenvalue weighted by atomic mass is 32.1. The molecule has 1 aromatic carbocycles. The largest absolute Gasteiger partial charge is 0.490 e. The van der Waals surface area contributed by atoms with E-state index in [1.165, 1.54) is 22.3 Å². The minimum Gasteiger partial charge on any atom is -0.490 e. The van der Waals surface area contributed by atoms with Crippen molar-refractivity contribution in [3.8, 4) is 22.8 Å². The van der Waals surface area contributed by atoms with Gasteiger partial charge in [-0.1, -0.05) is 20.3 Å². The van der Waals surface area contributed by atoms with Crippen LogP contribution in [0.25, 0.3) is 11.3 Å². The van der Waals surface area contributed by atoms with Crippen molar-refractivity contribution in [1.29, 1.82) is 0 Å². The monoisotopic (exact) mass is 414 g/mol. The molecule has 0 saturated carbocycles. The molecule has 29 heavy (non-hydrogen) atoms. The molecule has 2 atom stereocenters. The average molecular weight is 414 g/mol. The Hall–Kier alpha value is -3.01. The van der Waals surface area contributed by atoms with Gasteiger partial charge < -0.3 is 14.8 Å². The van der Waals surface area contributed by atoms with Gasteiger partial charge in [-0.15, -0.1) is 16.4 Å². The van der Waals surface area contributed by atoms with Gasteiger partial charge in [-0.2, -0.15) is 0 Å². The fraction of sp³-hybridized carbons (Fsp3) is 0.421. The first kappa shape index (κ1) is 19.3. The highest BCUT2D eigenvalue weighted by Gasteiger charge is 2.28. The Morgan fingerprint density at radius 2 is 2.14 bits per heavy atom. The van der Waals surface area contributed by atoms with Gasteiger partial charge in [0.2, 0.25) is 0 Å². The first-order chi connectivity index (χ1) is 14.2. The quantitative estimate of drug-likeness (QED) is 0.660. The van der Waals surface area contributed by atoms with Crippen LogP contribution in [0.1, 0.15) is 32.7 Å². The molecule has 1 aliphatic heterocycles. The molecular weight excluding hydrogens is 392 g/mol. The standard InChI is InChI=1S/C19H22N6O3S/c1-3-12(2)17(25-11-20-23-24-25)18(26)22-19-21-14(10-29-19)13-5-6-15-16(9-13)28-8-4-7-27-15/h5-6,9-12,17H,3-4,7-8H2,1-2H3,(H,21,22,26)/t12-,17-/m0/s1. The molecule has 1 N–H and O–H groups in total. The van der Waals surface area contributed by atoms with E-state index in [4.69, 9.17) is 9.47 Å². The second kappa shape index (κ2) is 8.56. The maximum Gasteiger partial charge on any atom is 0.251 e. The third kappa shape index (κ3) is 4.21. The van der Waals surface area contributed by atoms with E-state index < -0.39 is 6.04 Å². The van der Waals surface area contributed by atoms with Crippen molar-refractivity contribution < 1.29 is 14.3 Å². The molecule has 0 saturated heterocycles. The van der Waals surface area contributed by atoms with E-state index in [0.29, 0.717) is 24.1 Å². The van der Waals surface area contributed by atoms with E-state index in [1.54, 1.807) is 0 Å². The van der Waals surface area contributed by atoms with Gasteiger partial charge in [0, 0.05) is 17.4 Å². The molecule has 10 heteroatoms. The molecular formula is C19H22N6O3S. The molecule has 9 nitrogen and oxygen atoms in total. The number of thiazole rings is 1. The van der Waals surface area contributed by atoms with Gasteiger partial charge in [0.25, 0.3) is 5.91 Å². The summed E-state index contributed by atoms with van der Waals surface area (Å²) in [6.45, 7) is 5.30. The average Bonchev–Trinajstić information content (AvgIpc) is 3.36. The Kier molecular flexibility index (Phi) is 5.70. The zero-order chi connectivity index (χ0) is 20.2. The van der Waals surface area contributed by atoms with Crippen LogP contribution in [0.2, 0.25) is 0 Å². The van der Waals surface area contributed by atoms with Crippen molar-refractivity contribution in [3.63, 3.8) is 0 Å². The topological polar surface area (TPSA) is 104 Å². The summed E-state index contributed by atoms with van der Waals surface area (Å²) in [6.07, 6.45) is 3.13. The number of tetrazole rings is 1. The van der Waals surface area contributed by atoms with Crippen LogP contribution in [0, 0.1) is 5.92 Å². The number of benzene rings is 1. The normalized spacial score (nSPS) is 15.4. The summed E-state index contributed by atoms with van der Waals surface area (Å²) >= 11 is 1.37. The minimum absolute atomic E-state index is 0.0691. The number of amides is 1. The van der Waals surface area contributed by atoms with Gasteiger partial charge in [-0.3, -0.25) is 4.79 Å². The molecule has 3 heterocycles. The van der Waals surface area contributed by atoms with Crippen LogP contribution in [-0.4, -0.2) is 44.3 Å². The number of nitrogens with zero attached hydrogens (tertiary/aromatic N) is 5. The van der Waals surface area contributed by atoms with Crippen LogP contribution in [0.5, 0.6) is 11.5 Å². The van der Waals surface area contributed by atoms with Gasteiger partial charge in [0.15, 0.2) is 16.6 Å². The van der Waals surface area contributed by atoms with Crippen LogP contribution in [0.15, 0.2) is 29.9 Å². The highest BCUT2D eigenvalue weighted by Crippen LogP contribution is 2.35. The van der Waals surface area contributed by atoms with Crippen molar-refractivity contribution >= 4 is 22.4 Å². The summed E-state index contributed by atoms with van der Waals surface area (Å²) in [6, 6.07) is 5.26. The molecule has 0 bridgehead atoms. The number of nitrogens with one attached hydrogen (secondary N) is 1. The number of carbonyl (C=O) groups excluding carboxylic acids is 1. The van der Waals surface area contributed by atoms with Crippen LogP contribution < -0.4 is 14.8 Å². The summed E-state index contributed by atoms with van der Waals surface area (Å²) in [5, 5.41) is 16.5. The fourth-order valence-electron chi connectivity index (χ4n) is 3.12.